The van der Waals surface area contributed by atoms with E-state index in [-0.39, 0.29) is 11.6 Å². The highest BCUT2D eigenvalue weighted by Crippen LogP contribution is 2.42. The van der Waals surface area contributed by atoms with Gasteiger partial charge in [0.2, 0.25) is 0 Å². The van der Waals surface area contributed by atoms with Crippen LogP contribution in [0.25, 0.3) is 0 Å². The first-order valence-electron chi connectivity index (χ1n) is 6.45. The van der Waals surface area contributed by atoms with Gasteiger partial charge in [0.05, 0.1) is 11.7 Å². The summed E-state index contributed by atoms with van der Waals surface area (Å²) in [5.74, 6) is 0.962. The van der Waals surface area contributed by atoms with Crippen molar-refractivity contribution in [1.29, 1.82) is 0 Å². The van der Waals surface area contributed by atoms with Crippen LogP contribution in [0.15, 0.2) is 42.6 Å². The molecular formula is C15H17N3O. The number of rotatable bonds is 3. The largest absolute Gasteiger partial charge is 0.486 e. The number of benzene rings is 1. The fourth-order valence-electron chi connectivity index (χ4n) is 2.52. The van der Waals surface area contributed by atoms with Crippen LogP contribution in [0.4, 0.5) is 0 Å². The summed E-state index contributed by atoms with van der Waals surface area (Å²) in [7, 11) is 0. The molecule has 1 aliphatic heterocycles. The van der Waals surface area contributed by atoms with Gasteiger partial charge in [0.1, 0.15) is 11.4 Å². The third-order valence-corrected chi connectivity index (χ3v) is 3.41. The fraction of sp³-hybridized carbons (Fsp3) is 0.333. The number of para-hydroxylation sites is 1. The Kier molecular flexibility index (Phi) is 2.95. The minimum Gasteiger partial charge on any atom is -0.486 e. The molecule has 0 saturated carbocycles. The van der Waals surface area contributed by atoms with Crippen molar-refractivity contribution >= 4 is 0 Å². The van der Waals surface area contributed by atoms with Gasteiger partial charge in [0.15, 0.2) is 0 Å². The molecule has 1 aromatic carbocycles. The number of hydrogen-bond donors (Lipinski definition) is 1. The molecule has 0 fully saturated rings. The van der Waals surface area contributed by atoms with Crippen molar-refractivity contribution in [3.05, 3.63) is 53.9 Å². The monoisotopic (exact) mass is 255 g/mol. The maximum atomic E-state index is 6.00. The van der Waals surface area contributed by atoms with Crippen LogP contribution in [-0.2, 0) is 6.54 Å². The number of ether oxygens (including phenoxy) is 1. The third kappa shape index (κ3) is 2.31. The van der Waals surface area contributed by atoms with Gasteiger partial charge in [-0.25, -0.2) is 0 Å². The van der Waals surface area contributed by atoms with E-state index in [1.165, 1.54) is 5.56 Å². The summed E-state index contributed by atoms with van der Waals surface area (Å²) in [6.45, 7) is 4.88. The molecule has 98 valence electrons. The van der Waals surface area contributed by atoms with Crippen LogP contribution < -0.4 is 10.1 Å². The van der Waals surface area contributed by atoms with Crippen LogP contribution in [0.1, 0.15) is 31.1 Å². The van der Waals surface area contributed by atoms with Crippen molar-refractivity contribution in [2.45, 2.75) is 32.0 Å². The summed E-state index contributed by atoms with van der Waals surface area (Å²) in [5.41, 5.74) is 1.88. The maximum Gasteiger partial charge on any atom is 0.125 e. The SMILES string of the molecule is CC1(C)Oc2ccccc2C1NCc1cccnn1. The van der Waals surface area contributed by atoms with Crippen molar-refractivity contribution in [1.82, 2.24) is 15.5 Å². The zero-order valence-electron chi connectivity index (χ0n) is 11.1. The molecule has 0 radical (unpaired) electrons. The second kappa shape index (κ2) is 4.63. The maximum absolute atomic E-state index is 6.00. The Labute approximate surface area is 112 Å². The number of fused-ring (bicyclic) bond motifs is 1. The summed E-state index contributed by atoms with van der Waals surface area (Å²) >= 11 is 0. The second-order valence-corrected chi connectivity index (χ2v) is 5.27. The number of nitrogens with one attached hydrogen (secondary N) is 1. The predicted molar refractivity (Wildman–Crippen MR) is 72.8 cm³/mol. The van der Waals surface area contributed by atoms with Crippen molar-refractivity contribution in [2.75, 3.05) is 0 Å². The molecular weight excluding hydrogens is 238 g/mol. The van der Waals surface area contributed by atoms with Gasteiger partial charge in [0, 0.05) is 18.3 Å². The van der Waals surface area contributed by atoms with Gasteiger partial charge in [-0.3, -0.25) is 0 Å². The molecule has 1 unspecified atom stereocenters. The molecule has 1 N–H and O–H groups in total. The Bertz CT molecular complexity index is 569. The van der Waals surface area contributed by atoms with Gasteiger partial charge in [-0.15, -0.1) is 0 Å². The smallest absolute Gasteiger partial charge is 0.125 e. The van der Waals surface area contributed by atoms with Crippen LogP contribution >= 0.6 is 0 Å². The summed E-state index contributed by atoms with van der Waals surface area (Å²) in [4.78, 5) is 0. The topological polar surface area (TPSA) is 47.0 Å². The zero-order chi connectivity index (χ0) is 13.3. The van der Waals surface area contributed by atoms with Gasteiger partial charge in [-0.2, -0.15) is 10.2 Å². The van der Waals surface area contributed by atoms with Crippen molar-refractivity contribution < 1.29 is 4.74 Å². The summed E-state index contributed by atoms with van der Waals surface area (Å²) < 4.78 is 6.00. The molecule has 4 nitrogen and oxygen atoms in total. The normalized spacial score (nSPS) is 19.8. The second-order valence-electron chi connectivity index (χ2n) is 5.27. The Morgan fingerprint density at radius 3 is 2.84 bits per heavy atom. The first-order chi connectivity index (χ1) is 9.17. The van der Waals surface area contributed by atoms with Gasteiger partial charge < -0.3 is 10.1 Å². The van der Waals surface area contributed by atoms with Gasteiger partial charge in [-0.1, -0.05) is 18.2 Å². The molecule has 2 aromatic rings. The Morgan fingerprint density at radius 2 is 2.05 bits per heavy atom. The van der Waals surface area contributed by atoms with E-state index in [9.17, 15) is 0 Å². The highest BCUT2D eigenvalue weighted by molar-refractivity contribution is 5.42. The standard InChI is InChI=1S/C15H17N3O/c1-15(2)14(12-7-3-4-8-13(12)19-15)16-10-11-6-5-9-17-18-11/h3-9,14,16H,10H2,1-2H3. The molecule has 3 rings (SSSR count). The van der Waals surface area contributed by atoms with Gasteiger partial charge in [-0.05, 0) is 32.0 Å². The molecule has 0 saturated heterocycles. The highest BCUT2D eigenvalue weighted by atomic mass is 16.5. The molecule has 0 amide bonds. The lowest BCUT2D eigenvalue weighted by atomic mass is 9.94. The Hall–Kier alpha value is -1.94. The summed E-state index contributed by atoms with van der Waals surface area (Å²) in [6.07, 6.45) is 1.68. The van der Waals surface area contributed by atoms with Crippen LogP contribution in [-0.4, -0.2) is 15.8 Å². The molecule has 1 atom stereocenters. The van der Waals surface area contributed by atoms with Crippen LogP contribution in [0.3, 0.4) is 0 Å². The number of hydrogen-bond acceptors (Lipinski definition) is 4. The summed E-state index contributed by atoms with van der Waals surface area (Å²) in [6, 6.07) is 12.2. The van der Waals surface area contributed by atoms with Crippen molar-refractivity contribution in [3.63, 3.8) is 0 Å². The Balaban J connectivity index is 1.80. The first-order valence-corrected chi connectivity index (χ1v) is 6.45. The molecule has 0 bridgehead atoms. The first kappa shape index (κ1) is 12.1. The molecule has 0 spiro atoms. The Morgan fingerprint density at radius 1 is 1.21 bits per heavy atom. The van der Waals surface area contributed by atoms with E-state index in [2.05, 4.69) is 35.4 Å². The molecule has 19 heavy (non-hydrogen) atoms. The van der Waals surface area contributed by atoms with Gasteiger partial charge >= 0.3 is 0 Å². The van der Waals surface area contributed by atoms with E-state index in [4.69, 9.17) is 4.74 Å². The average molecular weight is 255 g/mol. The van der Waals surface area contributed by atoms with E-state index in [1.54, 1.807) is 6.20 Å². The number of aromatic nitrogens is 2. The van der Waals surface area contributed by atoms with Crippen LogP contribution in [0, 0.1) is 0 Å². The molecule has 0 aliphatic carbocycles. The molecule has 1 aliphatic rings. The lowest BCUT2D eigenvalue weighted by Gasteiger charge is -2.27. The predicted octanol–water partition coefficient (Wildman–Crippen LogP) is 2.48. The van der Waals surface area contributed by atoms with E-state index >= 15 is 0 Å². The van der Waals surface area contributed by atoms with E-state index in [1.807, 2.05) is 30.3 Å². The fourth-order valence-corrected chi connectivity index (χ4v) is 2.52. The minimum absolute atomic E-state index is 0.158. The van der Waals surface area contributed by atoms with Crippen molar-refractivity contribution in [3.8, 4) is 5.75 Å². The zero-order valence-corrected chi connectivity index (χ0v) is 11.1. The quantitative estimate of drug-likeness (QED) is 0.915. The van der Waals surface area contributed by atoms with E-state index in [0.717, 1.165) is 11.4 Å². The van der Waals surface area contributed by atoms with Gasteiger partial charge in [0.25, 0.3) is 0 Å². The lowest BCUT2D eigenvalue weighted by molar-refractivity contribution is 0.0956. The molecule has 2 heterocycles. The summed E-state index contributed by atoms with van der Waals surface area (Å²) in [5, 5.41) is 11.5. The average Bonchev–Trinajstić information content (AvgIpc) is 2.67. The molecule has 4 heteroatoms. The highest BCUT2D eigenvalue weighted by Gasteiger charge is 2.40. The van der Waals surface area contributed by atoms with E-state index < -0.39 is 0 Å². The molecule has 1 aromatic heterocycles. The minimum atomic E-state index is -0.258. The number of nitrogens with zero attached hydrogens (tertiary/aromatic N) is 2. The van der Waals surface area contributed by atoms with Crippen LogP contribution in [0.5, 0.6) is 5.75 Å². The third-order valence-electron chi connectivity index (χ3n) is 3.41. The lowest BCUT2D eigenvalue weighted by Crippen LogP contribution is -2.39. The van der Waals surface area contributed by atoms with Crippen LogP contribution in [0.2, 0.25) is 0 Å². The van der Waals surface area contributed by atoms with E-state index in [0.29, 0.717) is 6.54 Å². The van der Waals surface area contributed by atoms with Crippen molar-refractivity contribution in [2.24, 2.45) is 0 Å².